The number of nitrogens with one attached hydrogen (secondary N) is 4. The number of nitrogens with zero attached hydrogens (tertiary/aromatic N) is 5. The molecule has 15 rings (SSSR count). The number of fused-ring (bicyclic) bond motifs is 10. The molecule has 20 nitrogen and oxygen atoms in total. The number of unbranched alkanes of at least 4 members (excludes halogenated alkanes) is 3. The first-order valence-electron chi connectivity index (χ1n) is 37.0. The molecule has 6 aliphatic rings. The zero-order valence-electron chi connectivity index (χ0n) is 59.2. The quantitative estimate of drug-likeness (QED) is 0.0118. The fourth-order valence-corrected chi connectivity index (χ4v) is 16.3. The van der Waals surface area contributed by atoms with Crippen LogP contribution in [0.4, 0.5) is 28.0 Å². The van der Waals surface area contributed by atoms with Crippen molar-refractivity contribution in [2.75, 3.05) is 51.9 Å². The van der Waals surface area contributed by atoms with Crippen LogP contribution in [0.2, 0.25) is 0 Å². The standard InChI is InChI=1S/C83H85F4N9O11/c1-103-70-42-54(21-22-57(70)82-105-45-71(107-82)47-12-6-11-46(19-20-47)69(101)43-97)104-38-10-37-96-68-34-24-56-55(23-25-59(68)94-95-96)58(56)44-106-83(102)89-36-5-3-2-4-35-88-81-79(86)77(84)76(78(85)80(81)87)75-66-32-30-64(92-66)73(49-14-8-17-52(99)40-49)62-28-26-60(90-62)72(48-13-7-16-51(98)39-48)61-27-29-63(91-61)74(65-31-33-67(75)93-65)50-15-9-18-53(100)41-50/h7-9,13-18,21-22,26-33,39-42,46-47,55-56,58,69,71,82,88,90,93,97-101H,2-6,10-12,19-20,23-25,34-38,43-45H2,1H3,(H,89,102)/t46?,47?,55-,56+,58-,69?,71?,82?/m0/s1. The monoisotopic (exact) mass is 1460 g/mol. The van der Waals surface area contributed by atoms with Gasteiger partial charge in [-0.3, -0.25) is 0 Å². The first-order chi connectivity index (χ1) is 52.2. The Morgan fingerprint density at radius 3 is 1.81 bits per heavy atom. The molecular weight excluding hydrogens is 1370 g/mol. The summed E-state index contributed by atoms with van der Waals surface area (Å²) in [5.41, 5.74) is 6.45. The normalized spacial score (nSPS) is 19.8. The van der Waals surface area contributed by atoms with Crippen molar-refractivity contribution in [2.45, 2.75) is 115 Å². The Bertz CT molecular complexity index is 4970. The van der Waals surface area contributed by atoms with Gasteiger partial charge in [-0.15, -0.1) is 5.10 Å². The Balaban J connectivity index is 0.551. The number of aliphatic hydroxyl groups is 2. The summed E-state index contributed by atoms with van der Waals surface area (Å²) in [5, 5.41) is 66.6. The van der Waals surface area contributed by atoms with E-state index < -0.39 is 53.0 Å². The van der Waals surface area contributed by atoms with Gasteiger partial charge in [0.2, 0.25) is 0 Å². The Labute approximate surface area is 615 Å². The molecule has 3 aliphatic carbocycles. The molecule has 3 aliphatic heterocycles. The predicted octanol–water partition coefficient (Wildman–Crippen LogP) is 16.2. The first-order valence-corrected chi connectivity index (χ1v) is 37.0. The zero-order valence-corrected chi connectivity index (χ0v) is 59.2. The average molecular weight is 1460 g/mol. The van der Waals surface area contributed by atoms with E-state index in [1.54, 1.807) is 67.8 Å². The van der Waals surface area contributed by atoms with Gasteiger partial charge >= 0.3 is 6.09 Å². The number of phenolic OH excluding ortho intramolecular Hbond substituents is 3. The number of ether oxygens (including phenoxy) is 5. The van der Waals surface area contributed by atoms with Gasteiger partial charge in [-0.1, -0.05) is 60.9 Å². The number of aromatic amines is 2. The van der Waals surface area contributed by atoms with Gasteiger partial charge in [0.05, 0.1) is 85.5 Å². The third-order valence-corrected chi connectivity index (χ3v) is 21.9. The largest absolute Gasteiger partial charge is 0.508 e. The molecule has 107 heavy (non-hydrogen) atoms. The molecule has 7 heterocycles. The highest BCUT2D eigenvalue weighted by molar-refractivity contribution is 6.00. The molecule has 556 valence electrons. The second kappa shape index (κ2) is 31.9. The summed E-state index contributed by atoms with van der Waals surface area (Å²) < 4.78 is 100.0. The van der Waals surface area contributed by atoms with E-state index in [-0.39, 0.29) is 70.8 Å². The number of carbonyl (C=O) groups excluding carboxylic acids is 1. The van der Waals surface area contributed by atoms with Gasteiger partial charge in [0, 0.05) is 82.0 Å². The number of aryl methyl sites for hydroxylation is 2. The Kier molecular flexibility index (Phi) is 21.5. The van der Waals surface area contributed by atoms with Crippen molar-refractivity contribution in [3.63, 3.8) is 0 Å². The van der Waals surface area contributed by atoms with Crippen molar-refractivity contribution in [3.8, 4) is 73.3 Å². The second-order valence-electron chi connectivity index (χ2n) is 28.5. The van der Waals surface area contributed by atoms with E-state index in [0.29, 0.717) is 156 Å². The van der Waals surface area contributed by atoms with Crippen LogP contribution in [0.25, 0.3) is 90.9 Å². The maximum atomic E-state index is 17.2. The number of amides is 1. The summed E-state index contributed by atoms with van der Waals surface area (Å²) in [4.78, 5) is 29.8. The van der Waals surface area contributed by atoms with Gasteiger partial charge in [-0.05, 0) is 208 Å². The number of anilines is 1. The molecule has 8 atom stereocenters. The average Bonchev–Trinajstić information content (AvgIpc) is 1.72. The summed E-state index contributed by atoms with van der Waals surface area (Å²) in [6.45, 7) is 2.00. The number of H-pyrrole nitrogens is 2. The minimum Gasteiger partial charge on any atom is -0.508 e. The molecular formula is C83H85F4N9O11. The number of hydrogen-bond acceptors (Lipinski definition) is 16. The molecule has 24 heteroatoms. The lowest BCUT2D eigenvalue weighted by Gasteiger charge is -2.22. The van der Waals surface area contributed by atoms with Crippen LogP contribution in [0.3, 0.4) is 0 Å². The number of aromatic hydroxyl groups is 3. The van der Waals surface area contributed by atoms with Crippen molar-refractivity contribution in [1.82, 2.24) is 40.2 Å². The lowest BCUT2D eigenvalue weighted by atomic mass is 9.92. The van der Waals surface area contributed by atoms with Gasteiger partial charge in [0.15, 0.2) is 29.6 Å². The molecule has 5 unspecified atom stereocenters. The number of halogens is 4. The van der Waals surface area contributed by atoms with Crippen molar-refractivity contribution >= 4 is 58.2 Å². The van der Waals surface area contributed by atoms with E-state index in [4.69, 9.17) is 33.7 Å². The highest BCUT2D eigenvalue weighted by Crippen LogP contribution is 2.53. The smallest absolute Gasteiger partial charge is 0.407 e. The minimum absolute atomic E-state index is 0.0233. The lowest BCUT2D eigenvalue weighted by molar-refractivity contribution is -0.0720. The van der Waals surface area contributed by atoms with E-state index in [1.807, 2.05) is 47.2 Å². The third-order valence-electron chi connectivity index (χ3n) is 21.9. The van der Waals surface area contributed by atoms with Gasteiger partial charge < -0.3 is 69.8 Å². The van der Waals surface area contributed by atoms with Crippen LogP contribution < -0.4 is 20.1 Å². The predicted molar refractivity (Wildman–Crippen MR) is 399 cm³/mol. The molecule has 2 saturated carbocycles. The number of methoxy groups -OCH3 is 1. The van der Waals surface area contributed by atoms with Crippen LogP contribution in [-0.2, 0) is 33.6 Å². The van der Waals surface area contributed by atoms with Crippen molar-refractivity contribution in [3.05, 3.63) is 178 Å². The number of rotatable bonds is 24. The number of phenols is 3. The van der Waals surface area contributed by atoms with Crippen molar-refractivity contribution in [1.29, 1.82) is 0 Å². The minimum atomic E-state index is -1.66. The van der Waals surface area contributed by atoms with Gasteiger partial charge in [0.1, 0.15) is 34.4 Å². The molecule has 8 bridgehead atoms. The van der Waals surface area contributed by atoms with Gasteiger partial charge in [0.25, 0.3) is 0 Å². The van der Waals surface area contributed by atoms with E-state index in [0.717, 1.165) is 74.7 Å². The van der Waals surface area contributed by atoms with Gasteiger partial charge in [-0.25, -0.2) is 37.0 Å². The SMILES string of the molecule is COc1cc(OCCCn2nnc3c2CC[C@@H]2[C@H](CC3)[C@@H]2COC(=O)NCCCCCCNc2c(F)c(F)c(-c3c4nc(c(-c5cccc(O)c5)c5ccc([nH]5)c(-c5cccc(O)c5)c5nc(c(-c6cccc(O)c6)c6ccc3[nH]6)C=C5)C=C4)c(F)c2F)ccc1C1OCC(C2CCCC(C(O)CO)CC2)O1. The molecule has 9 N–H and O–H groups in total. The molecule has 0 spiro atoms. The van der Waals surface area contributed by atoms with E-state index in [1.165, 1.54) is 36.4 Å². The van der Waals surface area contributed by atoms with Crippen LogP contribution in [0.5, 0.6) is 28.7 Å². The van der Waals surface area contributed by atoms with E-state index in [2.05, 4.69) is 30.9 Å². The van der Waals surface area contributed by atoms with Crippen LogP contribution >= 0.6 is 0 Å². The molecule has 5 aromatic carbocycles. The highest BCUT2D eigenvalue weighted by Gasteiger charge is 2.50. The molecule has 3 fully saturated rings. The maximum Gasteiger partial charge on any atom is 0.407 e. The summed E-state index contributed by atoms with van der Waals surface area (Å²) >= 11 is 0. The fourth-order valence-electron chi connectivity index (χ4n) is 16.3. The Morgan fingerprint density at radius 1 is 0.645 bits per heavy atom. The first kappa shape index (κ1) is 72.1. The molecule has 4 aromatic heterocycles. The molecule has 9 aromatic rings. The van der Waals surface area contributed by atoms with Crippen LogP contribution in [0.15, 0.2) is 115 Å². The van der Waals surface area contributed by atoms with Gasteiger partial charge in [-0.2, -0.15) is 0 Å². The number of carbonyl (C=O) groups is 1. The summed E-state index contributed by atoms with van der Waals surface area (Å²) in [6.07, 6.45) is 15.9. The summed E-state index contributed by atoms with van der Waals surface area (Å²) in [5.74, 6) is -3.85. The number of alkyl carbamates (subject to hydrolysis) is 1. The van der Waals surface area contributed by atoms with Crippen molar-refractivity contribution in [2.24, 2.45) is 29.6 Å². The molecule has 1 amide bonds. The summed E-state index contributed by atoms with van der Waals surface area (Å²) in [6, 6.07) is 32.2. The zero-order chi connectivity index (χ0) is 73.8. The second-order valence-corrected chi connectivity index (χ2v) is 28.5. The topological polar surface area (TPSA) is 276 Å². The Hall–Kier alpha value is -10.5. The fraction of sp³-hybridized carbons (Fsp3) is 0.361. The molecule has 1 saturated heterocycles. The third kappa shape index (κ3) is 15.4. The number of hydrogen-bond donors (Lipinski definition) is 9. The molecule has 0 radical (unpaired) electrons. The van der Waals surface area contributed by atoms with E-state index in [9.17, 15) is 30.3 Å². The van der Waals surface area contributed by atoms with Crippen LogP contribution in [0.1, 0.15) is 123 Å². The lowest BCUT2D eigenvalue weighted by Crippen LogP contribution is -2.26. The maximum absolute atomic E-state index is 17.2. The van der Waals surface area contributed by atoms with Crippen LogP contribution in [-0.4, -0.2) is 125 Å². The number of aromatic nitrogens is 7. The Morgan fingerprint density at radius 2 is 1.22 bits per heavy atom. The van der Waals surface area contributed by atoms with E-state index >= 15 is 17.6 Å². The van der Waals surface area contributed by atoms with Crippen LogP contribution in [0, 0.1) is 52.9 Å². The number of benzene rings is 5. The van der Waals surface area contributed by atoms with Crippen molar-refractivity contribution < 1.29 is 71.6 Å². The highest BCUT2D eigenvalue weighted by atomic mass is 19.2. The number of aliphatic hydroxyl groups excluding tert-OH is 2. The summed E-state index contributed by atoms with van der Waals surface area (Å²) in [7, 11) is 1.62.